The van der Waals surface area contributed by atoms with E-state index in [4.69, 9.17) is 4.74 Å². The molecular formula is C17H21N3O3S. The molecule has 1 aromatic carbocycles. The molecule has 0 radical (unpaired) electrons. The Labute approximate surface area is 145 Å². The molecule has 2 aromatic rings. The second-order valence-electron chi connectivity index (χ2n) is 5.97. The van der Waals surface area contributed by atoms with E-state index in [1.165, 1.54) is 18.4 Å². The summed E-state index contributed by atoms with van der Waals surface area (Å²) in [7, 11) is 1.34. The molecule has 2 rings (SSSR count). The van der Waals surface area contributed by atoms with E-state index in [0.29, 0.717) is 5.01 Å². The predicted octanol–water partition coefficient (Wildman–Crippen LogP) is 2.52. The van der Waals surface area contributed by atoms with Gasteiger partial charge in [0.2, 0.25) is 5.01 Å². The van der Waals surface area contributed by atoms with Crippen LogP contribution in [-0.2, 0) is 14.9 Å². The van der Waals surface area contributed by atoms with Gasteiger partial charge in [-0.25, -0.2) is 0 Å². The monoisotopic (exact) mass is 347 g/mol. The molecule has 0 fully saturated rings. The zero-order valence-electron chi connectivity index (χ0n) is 14.2. The molecule has 6 nitrogen and oxygen atoms in total. The number of rotatable bonds is 6. The van der Waals surface area contributed by atoms with Crippen LogP contribution in [0.25, 0.3) is 0 Å². The summed E-state index contributed by atoms with van der Waals surface area (Å²) in [5, 5.41) is 11.8. The van der Waals surface area contributed by atoms with Crippen LogP contribution in [-0.4, -0.2) is 35.7 Å². The molecular weight excluding hydrogens is 326 g/mol. The van der Waals surface area contributed by atoms with E-state index in [9.17, 15) is 9.59 Å². The molecule has 1 aromatic heterocycles. The lowest BCUT2D eigenvalue weighted by Gasteiger charge is -2.27. The zero-order valence-corrected chi connectivity index (χ0v) is 15.0. The fourth-order valence-corrected chi connectivity index (χ4v) is 2.98. The molecule has 24 heavy (non-hydrogen) atoms. The number of amides is 1. The van der Waals surface area contributed by atoms with Crippen molar-refractivity contribution in [1.82, 2.24) is 15.5 Å². The van der Waals surface area contributed by atoms with Gasteiger partial charge in [0, 0.05) is 12.5 Å². The third kappa shape index (κ3) is 3.79. The highest BCUT2D eigenvalue weighted by molar-refractivity contribution is 7.13. The number of nitrogens with zero attached hydrogens (tertiary/aromatic N) is 2. The average molecular weight is 347 g/mol. The van der Waals surface area contributed by atoms with Gasteiger partial charge >= 0.3 is 5.97 Å². The van der Waals surface area contributed by atoms with Gasteiger partial charge < -0.3 is 10.1 Å². The first-order valence-electron chi connectivity index (χ1n) is 7.64. The van der Waals surface area contributed by atoms with E-state index in [1.807, 2.05) is 44.2 Å². The van der Waals surface area contributed by atoms with E-state index in [0.717, 1.165) is 10.6 Å². The lowest BCUT2D eigenvalue weighted by Crippen LogP contribution is -2.45. The van der Waals surface area contributed by atoms with Crippen LogP contribution in [0, 0.1) is 0 Å². The van der Waals surface area contributed by atoms with Crippen LogP contribution in [0.3, 0.4) is 0 Å². The standard InChI is InChI=1S/C17H21N3O3S/c1-11(2)14-19-20-15(24-14)13(21)18-10-17(3,16(22)23-4)12-8-6-5-7-9-12/h5-9,11H,10H2,1-4H3,(H,18,21)/t17-/m1/s1. The van der Waals surface area contributed by atoms with Crippen LogP contribution in [0.4, 0.5) is 0 Å². The lowest BCUT2D eigenvalue weighted by atomic mass is 9.82. The Morgan fingerprint density at radius 2 is 1.92 bits per heavy atom. The Bertz CT molecular complexity index is 715. The first kappa shape index (κ1) is 18.1. The van der Waals surface area contributed by atoms with Gasteiger partial charge in [-0.2, -0.15) is 0 Å². The van der Waals surface area contributed by atoms with Crippen molar-refractivity contribution in [1.29, 1.82) is 0 Å². The van der Waals surface area contributed by atoms with Crippen molar-refractivity contribution >= 4 is 23.2 Å². The summed E-state index contributed by atoms with van der Waals surface area (Å²) < 4.78 is 4.93. The van der Waals surface area contributed by atoms with Crippen molar-refractivity contribution in [3.8, 4) is 0 Å². The summed E-state index contributed by atoms with van der Waals surface area (Å²) in [4.78, 5) is 24.6. The van der Waals surface area contributed by atoms with Crippen molar-refractivity contribution in [2.45, 2.75) is 32.1 Å². The van der Waals surface area contributed by atoms with Gasteiger partial charge in [0.05, 0.1) is 7.11 Å². The summed E-state index contributed by atoms with van der Waals surface area (Å²) in [5.41, 5.74) is -0.200. The van der Waals surface area contributed by atoms with E-state index in [1.54, 1.807) is 6.92 Å². The Balaban J connectivity index is 2.16. The smallest absolute Gasteiger partial charge is 0.317 e. The molecule has 0 unspecified atom stereocenters. The first-order valence-corrected chi connectivity index (χ1v) is 8.45. The van der Waals surface area contributed by atoms with E-state index in [-0.39, 0.29) is 18.4 Å². The minimum atomic E-state index is -0.975. The van der Waals surface area contributed by atoms with Gasteiger partial charge in [-0.15, -0.1) is 10.2 Å². The molecule has 0 spiro atoms. The highest BCUT2D eigenvalue weighted by Gasteiger charge is 2.37. The highest BCUT2D eigenvalue weighted by Crippen LogP contribution is 2.25. The van der Waals surface area contributed by atoms with Crippen LogP contribution in [0.5, 0.6) is 0 Å². The third-order valence-corrected chi connectivity index (χ3v) is 5.00. The zero-order chi connectivity index (χ0) is 17.7. The van der Waals surface area contributed by atoms with Crippen molar-refractivity contribution in [3.05, 3.63) is 45.9 Å². The third-order valence-electron chi connectivity index (χ3n) is 3.78. The fraction of sp³-hybridized carbons (Fsp3) is 0.412. The number of benzene rings is 1. The summed E-state index contributed by atoms with van der Waals surface area (Å²) in [6, 6.07) is 9.24. The summed E-state index contributed by atoms with van der Waals surface area (Å²) in [5.74, 6) is -0.534. The molecule has 1 heterocycles. The number of aromatic nitrogens is 2. The molecule has 1 amide bonds. The molecule has 0 aliphatic rings. The number of carbonyl (C=O) groups is 2. The molecule has 0 saturated carbocycles. The van der Waals surface area contributed by atoms with Gasteiger partial charge in [-0.05, 0) is 12.5 Å². The minimum absolute atomic E-state index is 0.110. The molecule has 128 valence electrons. The molecule has 0 aliphatic heterocycles. The van der Waals surface area contributed by atoms with Gasteiger partial charge in [0.1, 0.15) is 10.4 Å². The average Bonchev–Trinajstić information content (AvgIpc) is 3.10. The number of nitrogens with one attached hydrogen (secondary N) is 1. The van der Waals surface area contributed by atoms with Crippen LogP contribution in [0.2, 0.25) is 0 Å². The molecule has 1 atom stereocenters. The number of hydrogen-bond donors (Lipinski definition) is 1. The van der Waals surface area contributed by atoms with Crippen LogP contribution >= 0.6 is 11.3 Å². The summed E-state index contributed by atoms with van der Waals surface area (Å²) >= 11 is 1.26. The SMILES string of the molecule is COC(=O)[C@](C)(CNC(=O)c1nnc(C(C)C)s1)c1ccccc1. The molecule has 0 bridgehead atoms. The van der Waals surface area contributed by atoms with E-state index >= 15 is 0 Å². The normalized spacial score (nSPS) is 13.4. The maximum atomic E-state index is 12.3. The first-order chi connectivity index (χ1) is 11.4. The Morgan fingerprint density at radius 1 is 1.25 bits per heavy atom. The molecule has 0 aliphatic carbocycles. The highest BCUT2D eigenvalue weighted by atomic mass is 32.1. The van der Waals surface area contributed by atoms with E-state index < -0.39 is 11.4 Å². The maximum Gasteiger partial charge on any atom is 0.317 e. The largest absolute Gasteiger partial charge is 0.468 e. The Hall–Kier alpha value is -2.28. The van der Waals surface area contributed by atoms with Gasteiger partial charge in [0.15, 0.2) is 0 Å². The van der Waals surface area contributed by atoms with E-state index in [2.05, 4.69) is 15.5 Å². The fourth-order valence-electron chi connectivity index (χ4n) is 2.22. The second kappa shape index (κ2) is 7.53. The van der Waals surface area contributed by atoms with Crippen LogP contribution in [0.15, 0.2) is 30.3 Å². The number of carbonyl (C=O) groups excluding carboxylic acids is 2. The Kier molecular flexibility index (Phi) is 5.66. The molecule has 7 heteroatoms. The van der Waals surface area contributed by atoms with Crippen molar-refractivity contribution < 1.29 is 14.3 Å². The van der Waals surface area contributed by atoms with Crippen molar-refractivity contribution in [3.63, 3.8) is 0 Å². The summed E-state index contributed by atoms with van der Waals surface area (Å²) in [6.07, 6.45) is 0. The number of methoxy groups -OCH3 is 1. The van der Waals surface area contributed by atoms with Gasteiger partial charge in [-0.3, -0.25) is 9.59 Å². The van der Waals surface area contributed by atoms with Crippen molar-refractivity contribution in [2.75, 3.05) is 13.7 Å². The number of ether oxygens (including phenoxy) is 1. The number of hydrogen-bond acceptors (Lipinski definition) is 6. The topological polar surface area (TPSA) is 81.2 Å². The predicted molar refractivity (Wildman–Crippen MR) is 92.1 cm³/mol. The maximum absolute atomic E-state index is 12.3. The summed E-state index contributed by atoms with van der Waals surface area (Å²) in [6.45, 7) is 5.84. The van der Waals surface area contributed by atoms with Gasteiger partial charge in [-0.1, -0.05) is 55.5 Å². The number of esters is 1. The minimum Gasteiger partial charge on any atom is -0.468 e. The lowest BCUT2D eigenvalue weighted by molar-refractivity contribution is -0.146. The molecule has 1 N–H and O–H groups in total. The van der Waals surface area contributed by atoms with Crippen LogP contribution < -0.4 is 5.32 Å². The Morgan fingerprint density at radius 3 is 2.46 bits per heavy atom. The van der Waals surface area contributed by atoms with Crippen LogP contribution in [0.1, 0.15) is 47.1 Å². The quantitative estimate of drug-likeness (QED) is 0.812. The second-order valence-corrected chi connectivity index (χ2v) is 6.98. The van der Waals surface area contributed by atoms with Gasteiger partial charge in [0.25, 0.3) is 5.91 Å². The van der Waals surface area contributed by atoms with Crippen molar-refractivity contribution in [2.24, 2.45) is 0 Å². The molecule has 0 saturated heterocycles.